The second-order valence-corrected chi connectivity index (χ2v) is 6.84. The summed E-state index contributed by atoms with van der Waals surface area (Å²) in [7, 11) is -4.02. The lowest BCUT2D eigenvalue weighted by molar-refractivity contribution is 0.213. The first-order valence-corrected chi connectivity index (χ1v) is 8.16. The number of piperidine rings is 2. The SMILES string of the molecule is C1CC2CCC1CN2.Cc1ccc(S(=O)(=O)O)cc1. The largest absolute Gasteiger partial charge is 0.314 e. The van der Waals surface area contributed by atoms with Crippen LogP contribution in [0.5, 0.6) is 0 Å². The van der Waals surface area contributed by atoms with Crippen molar-refractivity contribution in [3.8, 4) is 0 Å². The third kappa shape index (κ3) is 4.30. The molecule has 2 heterocycles. The normalized spacial score (nSPS) is 25.6. The second kappa shape index (κ2) is 6.03. The standard InChI is InChI=1S/C7H13N.C7H8O3S/c1-3-7-4-2-6(1)5-8-7;1-6-2-4-7(5-3-6)11(8,9)10/h6-8H,1-5H2;2-5H,1H3,(H,8,9,10). The first-order valence-electron chi connectivity index (χ1n) is 6.72. The number of hydrogen-bond donors (Lipinski definition) is 2. The van der Waals surface area contributed by atoms with Crippen LogP contribution in [0.1, 0.15) is 31.2 Å². The predicted octanol–water partition coefficient (Wildman–Crippen LogP) is 2.39. The van der Waals surface area contributed by atoms with E-state index < -0.39 is 10.1 Å². The number of aryl methyl sites for hydroxylation is 1. The number of nitrogens with one attached hydrogen (secondary N) is 1. The van der Waals surface area contributed by atoms with Crippen molar-refractivity contribution in [3.05, 3.63) is 29.8 Å². The van der Waals surface area contributed by atoms with E-state index in [1.54, 1.807) is 12.1 Å². The van der Waals surface area contributed by atoms with Gasteiger partial charge in [-0.2, -0.15) is 8.42 Å². The average Bonchev–Trinajstić information content (AvgIpc) is 2.41. The van der Waals surface area contributed by atoms with E-state index in [-0.39, 0.29) is 4.90 Å². The Morgan fingerprint density at radius 2 is 1.68 bits per heavy atom. The van der Waals surface area contributed by atoms with E-state index in [9.17, 15) is 8.42 Å². The Morgan fingerprint density at radius 1 is 1.11 bits per heavy atom. The first-order chi connectivity index (χ1) is 8.95. The van der Waals surface area contributed by atoms with Crippen LogP contribution in [0.25, 0.3) is 0 Å². The third-order valence-corrected chi connectivity index (χ3v) is 4.73. The minimum Gasteiger partial charge on any atom is -0.314 e. The summed E-state index contributed by atoms with van der Waals surface area (Å²) in [5, 5.41) is 3.52. The highest BCUT2D eigenvalue weighted by atomic mass is 32.2. The van der Waals surface area contributed by atoms with Gasteiger partial charge in [-0.3, -0.25) is 4.55 Å². The highest BCUT2D eigenvalue weighted by Crippen LogP contribution is 2.28. The van der Waals surface area contributed by atoms with Gasteiger partial charge >= 0.3 is 0 Å². The molecule has 0 spiro atoms. The molecule has 0 unspecified atom stereocenters. The van der Waals surface area contributed by atoms with E-state index in [1.807, 2.05) is 6.92 Å². The van der Waals surface area contributed by atoms with E-state index in [2.05, 4.69) is 5.32 Å². The van der Waals surface area contributed by atoms with Crippen molar-refractivity contribution in [1.82, 2.24) is 5.32 Å². The van der Waals surface area contributed by atoms with Crippen LogP contribution in [-0.2, 0) is 10.1 Å². The van der Waals surface area contributed by atoms with E-state index in [0.29, 0.717) is 0 Å². The van der Waals surface area contributed by atoms with E-state index in [0.717, 1.165) is 17.5 Å². The van der Waals surface area contributed by atoms with E-state index in [4.69, 9.17) is 4.55 Å². The summed E-state index contributed by atoms with van der Waals surface area (Å²) in [6, 6.07) is 6.89. The fourth-order valence-electron chi connectivity index (χ4n) is 2.61. The lowest BCUT2D eigenvalue weighted by Crippen LogP contribution is -2.44. The molecule has 2 bridgehead atoms. The zero-order valence-electron chi connectivity index (χ0n) is 11.2. The Morgan fingerprint density at radius 3 is 1.95 bits per heavy atom. The molecule has 2 saturated heterocycles. The zero-order chi connectivity index (χ0) is 13.9. The van der Waals surface area contributed by atoms with Crippen LogP contribution in [0.15, 0.2) is 29.2 Å². The van der Waals surface area contributed by atoms with Gasteiger partial charge in [-0.25, -0.2) is 0 Å². The smallest absolute Gasteiger partial charge is 0.294 e. The van der Waals surface area contributed by atoms with Crippen LogP contribution in [0.3, 0.4) is 0 Å². The van der Waals surface area contributed by atoms with Gasteiger partial charge in [0.1, 0.15) is 0 Å². The van der Waals surface area contributed by atoms with Gasteiger partial charge in [0.15, 0.2) is 0 Å². The molecule has 3 aliphatic rings. The zero-order valence-corrected chi connectivity index (χ0v) is 12.0. The molecule has 106 valence electrons. The Balaban J connectivity index is 0.000000146. The predicted molar refractivity (Wildman–Crippen MR) is 74.7 cm³/mol. The topological polar surface area (TPSA) is 66.4 Å². The fourth-order valence-corrected chi connectivity index (χ4v) is 3.09. The summed E-state index contributed by atoms with van der Waals surface area (Å²) in [6.45, 7) is 3.15. The van der Waals surface area contributed by atoms with Crippen LogP contribution < -0.4 is 5.32 Å². The van der Waals surface area contributed by atoms with Crippen molar-refractivity contribution in [1.29, 1.82) is 0 Å². The van der Waals surface area contributed by atoms with Gasteiger partial charge in [0.05, 0.1) is 4.90 Å². The Bertz CT molecular complexity index is 479. The quantitative estimate of drug-likeness (QED) is 0.777. The molecule has 1 aliphatic carbocycles. The van der Waals surface area contributed by atoms with Crippen molar-refractivity contribution < 1.29 is 13.0 Å². The van der Waals surface area contributed by atoms with E-state index in [1.165, 1.54) is 44.4 Å². The van der Waals surface area contributed by atoms with Crippen molar-refractivity contribution >= 4 is 10.1 Å². The molecule has 0 radical (unpaired) electrons. The van der Waals surface area contributed by atoms with Crippen LogP contribution in [0, 0.1) is 12.8 Å². The fraction of sp³-hybridized carbons (Fsp3) is 0.571. The molecule has 3 fully saturated rings. The van der Waals surface area contributed by atoms with Gasteiger partial charge in [0, 0.05) is 6.04 Å². The molecule has 1 aromatic rings. The second-order valence-electron chi connectivity index (χ2n) is 5.41. The van der Waals surface area contributed by atoms with Gasteiger partial charge in [0.25, 0.3) is 10.1 Å². The molecule has 19 heavy (non-hydrogen) atoms. The molecule has 4 nitrogen and oxygen atoms in total. The third-order valence-electron chi connectivity index (χ3n) is 3.86. The number of rotatable bonds is 1. The average molecular weight is 283 g/mol. The summed E-state index contributed by atoms with van der Waals surface area (Å²) < 4.78 is 29.6. The summed E-state index contributed by atoms with van der Waals surface area (Å²) in [5.41, 5.74) is 0.956. The molecule has 4 rings (SSSR count). The van der Waals surface area contributed by atoms with Crippen LogP contribution in [0.4, 0.5) is 0 Å². The molecule has 1 aromatic carbocycles. The molecular formula is C14H21NO3S. The maximum absolute atomic E-state index is 10.5. The van der Waals surface area contributed by atoms with Gasteiger partial charge in [-0.15, -0.1) is 0 Å². The van der Waals surface area contributed by atoms with Gasteiger partial charge in [-0.05, 0) is 57.2 Å². The minimum atomic E-state index is -4.02. The van der Waals surface area contributed by atoms with Crippen molar-refractivity contribution in [2.45, 2.75) is 43.5 Å². The Kier molecular flexibility index (Phi) is 4.60. The molecule has 1 saturated carbocycles. The molecule has 0 aromatic heterocycles. The van der Waals surface area contributed by atoms with Crippen LogP contribution >= 0.6 is 0 Å². The molecule has 0 amide bonds. The lowest BCUT2D eigenvalue weighted by atomic mass is 9.82. The molecule has 2 N–H and O–H groups in total. The highest BCUT2D eigenvalue weighted by molar-refractivity contribution is 7.85. The number of benzene rings is 1. The molecular weight excluding hydrogens is 262 g/mol. The van der Waals surface area contributed by atoms with Gasteiger partial charge in [0.2, 0.25) is 0 Å². The van der Waals surface area contributed by atoms with Crippen LogP contribution in [0.2, 0.25) is 0 Å². The highest BCUT2D eigenvalue weighted by Gasteiger charge is 2.26. The van der Waals surface area contributed by atoms with Gasteiger partial charge in [-0.1, -0.05) is 17.7 Å². The van der Waals surface area contributed by atoms with Crippen molar-refractivity contribution in [2.24, 2.45) is 5.92 Å². The summed E-state index contributed by atoms with van der Waals surface area (Å²) in [5.74, 6) is 1.04. The van der Waals surface area contributed by atoms with E-state index >= 15 is 0 Å². The number of fused-ring (bicyclic) bond motifs is 3. The van der Waals surface area contributed by atoms with Gasteiger partial charge < -0.3 is 5.32 Å². The minimum absolute atomic E-state index is 0.0666. The number of hydrogen-bond acceptors (Lipinski definition) is 3. The molecule has 5 heteroatoms. The Labute approximate surface area is 115 Å². The van der Waals surface area contributed by atoms with Crippen molar-refractivity contribution in [3.63, 3.8) is 0 Å². The summed E-state index contributed by atoms with van der Waals surface area (Å²) in [6.07, 6.45) is 5.89. The summed E-state index contributed by atoms with van der Waals surface area (Å²) >= 11 is 0. The van der Waals surface area contributed by atoms with Crippen molar-refractivity contribution in [2.75, 3.05) is 6.54 Å². The maximum Gasteiger partial charge on any atom is 0.294 e. The van der Waals surface area contributed by atoms with Crippen LogP contribution in [-0.4, -0.2) is 25.6 Å². The lowest BCUT2D eigenvalue weighted by Gasteiger charge is -2.36. The molecule has 2 aliphatic heterocycles. The molecule has 0 atom stereocenters. The Hall–Kier alpha value is -0.910. The maximum atomic E-state index is 10.5. The summed E-state index contributed by atoms with van der Waals surface area (Å²) in [4.78, 5) is -0.0666. The monoisotopic (exact) mass is 283 g/mol. The first kappa shape index (κ1) is 14.5.